The normalized spacial score (nSPS) is 24.0. The lowest BCUT2D eigenvalue weighted by molar-refractivity contribution is -0.102. The quantitative estimate of drug-likeness (QED) is 0.304. The second kappa shape index (κ2) is 17.6. The molecule has 264 valence electrons. The SMILES string of the molecule is C=C(Cl)C(=N)C=O.CCc1ccccc1C1Cc2nc(OC[C@@]34CCCN3CC(F)C4)nc(N3CCCNCC3)c2CN1C.CN(C)C. The van der Waals surface area contributed by atoms with Gasteiger partial charge in [0.1, 0.15) is 24.3 Å². The van der Waals surface area contributed by atoms with E-state index in [2.05, 4.69) is 64.8 Å². The molecule has 12 heteroatoms. The second-order valence-electron chi connectivity index (χ2n) is 13.7. The van der Waals surface area contributed by atoms with Crippen LogP contribution in [0.15, 0.2) is 35.9 Å². The van der Waals surface area contributed by atoms with Gasteiger partial charge < -0.3 is 19.9 Å². The molecule has 0 radical (unpaired) electrons. The lowest BCUT2D eigenvalue weighted by Gasteiger charge is -2.37. The van der Waals surface area contributed by atoms with E-state index in [1.165, 1.54) is 16.7 Å². The molecule has 0 saturated carbocycles. The average molecular weight is 685 g/mol. The molecule has 6 rings (SSSR count). The van der Waals surface area contributed by atoms with Gasteiger partial charge in [0.05, 0.1) is 16.3 Å². The van der Waals surface area contributed by atoms with Crippen LogP contribution in [0.2, 0.25) is 0 Å². The van der Waals surface area contributed by atoms with Gasteiger partial charge in [-0.1, -0.05) is 49.4 Å². The zero-order chi connectivity index (χ0) is 34.8. The molecule has 0 bridgehead atoms. The van der Waals surface area contributed by atoms with Crippen molar-refractivity contribution < 1.29 is 13.9 Å². The first-order valence-electron chi connectivity index (χ1n) is 17.1. The van der Waals surface area contributed by atoms with Gasteiger partial charge in [-0.2, -0.15) is 9.97 Å². The summed E-state index contributed by atoms with van der Waals surface area (Å²) in [6.45, 7) is 12.0. The molecule has 3 saturated heterocycles. The molecule has 0 amide bonds. The molecule has 3 fully saturated rings. The molecule has 10 nitrogen and oxygen atoms in total. The van der Waals surface area contributed by atoms with Gasteiger partial charge in [-0.05, 0) is 78.1 Å². The van der Waals surface area contributed by atoms with E-state index >= 15 is 0 Å². The maximum atomic E-state index is 14.3. The maximum absolute atomic E-state index is 14.3. The Morgan fingerprint density at radius 1 is 1.21 bits per heavy atom. The molecule has 2 N–H and O–H groups in total. The van der Waals surface area contributed by atoms with Crippen molar-refractivity contribution >= 4 is 29.4 Å². The summed E-state index contributed by atoms with van der Waals surface area (Å²) in [4.78, 5) is 28.8. The fourth-order valence-corrected chi connectivity index (χ4v) is 7.19. The fraction of sp³-hybridized carbons (Fsp3) is 0.611. The summed E-state index contributed by atoms with van der Waals surface area (Å²) in [5.74, 6) is 1.02. The minimum Gasteiger partial charge on any atom is -0.461 e. The van der Waals surface area contributed by atoms with Crippen molar-refractivity contribution in [3.05, 3.63) is 58.3 Å². The van der Waals surface area contributed by atoms with Crippen molar-refractivity contribution in [1.82, 2.24) is 30.0 Å². The standard InChI is InChI=1S/C29H41FN6O.C4H4ClNO.C3H9N/c1-3-21-8-4-5-9-23(21)26-16-25-24(19-34(26)2)27(35-13-7-11-31-12-15-35)33-28(32-25)37-20-29-10-6-14-36(29)18-22(30)17-29;1-3(5)4(6)2-7;1-4(2)3/h4-5,8-9,22,26,31H,3,6-7,10-20H2,1-2H3;2,6H,1H2;1-3H3/t22?,26?,29-;;/m0../s1. The Morgan fingerprint density at radius 2 is 1.96 bits per heavy atom. The van der Waals surface area contributed by atoms with Crippen LogP contribution < -0.4 is 15.0 Å². The van der Waals surface area contributed by atoms with Crippen LogP contribution in [0, 0.1) is 5.41 Å². The van der Waals surface area contributed by atoms with Crippen molar-refractivity contribution in [1.29, 1.82) is 5.41 Å². The number of nitrogens with zero attached hydrogens (tertiary/aromatic N) is 6. The maximum Gasteiger partial charge on any atom is 0.318 e. The van der Waals surface area contributed by atoms with E-state index in [4.69, 9.17) is 31.7 Å². The van der Waals surface area contributed by atoms with Crippen LogP contribution in [0.1, 0.15) is 61.0 Å². The summed E-state index contributed by atoms with van der Waals surface area (Å²) in [5.41, 5.74) is 4.65. The van der Waals surface area contributed by atoms with Gasteiger partial charge in [0, 0.05) is 57.2 Å². The molecule has 48 heavy (non-hydrogen) atoms. The number of carbonyl (C=O) groups is 1. The smallest absolute Gasteiger partial charge is 0.318 e. The van der Waals surface area contributed by atoms with Gasteiger partial charge in [0.25, 0.3) is 0 Å². The number of aromatic nitrogens is 2. The topological polar surface area (TPSA) is 101 Å². The van der Waals surface area contributed by atoms with E-state index < -0.39 is 6.17 Å². The Hall–Kier alpha value is -2.96. The van der Waals surface area contributed by atoms with E-state index in [0.29, 0.717) is 31.9 Å². The summed E-state index contributed by atoms with van der Waals surface area (Å²) in [6.07, 6.45) is 5.19. The Morgan fingerprint density at radius 3 is 2.65 bits per heavy atom. The number of hydrogen-bond donors (Lipinski definition) is 2. The number of nitrogens with one attached hydrogen (secondary N) is 2. The predicted molar refractivity (Wildman–Crippen MR) is 192 cm³/mol. The number of carbonyl (C=O) groups excluding carboxylic acids is 1. The number of rotatable bonds is 8. The largest absolute Gasteiger partial charge is 0.461 e. The molecule has 4 aliphatic heterocycles. The molecule has 3 atom stereocenters. The van der Waals surface area contributed by atoms with Crippen molar-refractivity contribution in [2.75, 3.05) is 79.0 Å². The molecule has 2 aromatic rings. The molecular formula is C36H54ClFN8O2. The first-order chi connectivity index (χ1) is 23.0. The third-order valence-corrected chi connectivity index (χ3v) is 9.66. The number of allylic oxidation sites excluding steroid dienone is 1. The Labute approximate surface area is 291 Å². The third-order valence-electron chi connectivity index (χ3n) is 9.45. The summed E-state index contributed by atoms with van der Waals surface area (Å²) in [6, 6.07) is 9.53. The van der Waals surface area contributed by atoms with Crippen molar-refractivity contribution in [2.24, 2.45) is 0 Å². The van der Waals surface area contributed by atoms with Gasteiger partial charge in [0.2, 0.25) is 0 Å². The average Bonchev–Trinajstić information content (AvgIpc) is 3.44. The van der Waals surface area contributed by atoms with Crippen LogP contribution >= 0.6 is 11.6 Å². The fourth-order valence-electron chi connectivity index (χ4n) is 7.15. The number of benzene rings is 1. The highest BCUT2D eigenvalue weighted by molar-refractivity contribution is 6.53. The minimum absolute atomic E-state index is 0.0185. The predicted octanol–water partition coefficient (Wildman–Crippen LogP) is 4.66. The van der Waals surface area contributed by atoms with E-state index in [0.717, 1.165) is 82.9 Å². The summed E-state index contributed by atoms with van der Waals surface area (Å²) in [7, 11) is 8.22. The zero-order valence-electron chi connectivity index (χ0n) is 29.4. The number of aryl methyl sites for hydroxylation is 1. The van der Waals surface area contributed by atoms with E-state index in [1.807, 2.05) is 26.0 Å². The molecule has 0 aliphatic carbocycles. The lowest BCUT2D eigenvalue weighted by atomic mass is 9.90. The van der Waals surface area contributed by atoms with Crippen LogP contribution in [0.25, 0.3) is 0 Å². The monoisotopic (exact) mass is 684 g/mol. The summed E-state index contributed by atoms with van der Waals surface area (Å²) < 4.78 is 20.7. The van der Waals surface area contributed by atoms with Crippen molar-refractivity contribution in [3.8, 4) is 6.01 Å². The van der Waals surface area contributed by atoms with Crippen molar-refractivity contribution in [3.63, 3.8) is 0 Å². The van der Waals surface area contributed by atoms with Gasteiger partial charge in [0.15, 0.2) is 6.29 Å². The summed E-state index contributed by atoms with van der Waals surface area (Å²) >= 11 is 5.08. The number of fused-ring (bicyclic) bond motifs is 2. The number of likely N-dealkylation sites (N-methyl/N-ethyl adjacent to an activating group) is 1. The molecule has 5 heterocycles. The number of alkyl halides is 1. The Balaban J connectivity index is 0.000000411. The zero-order valence-corrected chi connectivity index (χ0v) is 30.2. The highest BCUT2D eigenvalue weighted by Gasteiger charge is 2.49. The number of halogens is 2. The minimum atomic E-state index is -0.761. The van der Waals surface area contributed by atoms with Gasteiger partial charge in [-0.3, -0.25) is 20.0 Å². The van der Waals surface area contributed by atoms with Crippen LogP contribution in [0.4, 0.5) is 10.2 Å². The number of aldehydes is 1. The van der Waals surface area contributed by atoms with Crippen LogP contribution in [-0.2, 0) is 24.2 Å². The number of anilines is 1. The lowest BCUT2D eigenvalue weighted by Crippen LogP contribution is -2.43. The van der Waals surface area contributed by atoms with Gasteiger partial charge in [-0.15, -0.1) is 0 Å². The second-order valence-corrected chi connectivity index (χ2v) is 14.1. The molecule has 1 aromatic heterocycles. The molecule has 0 spiro atoms. The van der Waals surface area contributed by atoms with E-state index in [-0.39, 0.29) is 22.3 Å². The molecular weight excluding hydrogens is 631 g/mol. The number of hydrogen-bond acceptors (Lipinski definition) is 10. The van der Waals surface area contributed by atoms with Crippen LogP contribution in [0.5, 0.6) is 6.01 Å². The van der Waals surface area contributed by atoms with Crippen LogP contribution in [0.3, 0.4) is 0 Å². The molecule has 4 aliphatic rings. The van der Waals surface area contributed by atoms with Crippen LogP contribution in [-0.4, -0.2) is 122 Å². The first kappa shape index (κ1) is 37.9. The van der Waals surface area contributed by atoms with Gasteiger partial charge >= 0.3 is 6.01 Å². The highest BCUT2D eigenvalue weighted by Crippen LogP contribution is 2.41. The van der Waals surface area contributed by atoms with Gasteiger partial charge in [-0.25, -0.2) is 4.39 Å². The summed E-state index contributed by atoms with van der Waals surface area (Å²) in [5, 5.41) is 10.1. The molecule has 1 aromatic carbocycles. The van der Waals surface area contributed by atoms with E-state index in [1.54, 1.807) is 0 Å². The number of ether oxygens (including phenoxy) is 1. The Kier molecular flexibility index (Phi) is 13.9. The Bertz CT molecular complexity index is 1400. The van der Waals surface area contributed by atoms with Crippen molar-refractivity contribution in [2.45, 2.75) is 69.7 Å². The van der Waals surface area contributed by atoms with E-state index in [9.17, 15) is 9.18 Å². The molecule has 2 unspecified atom stereocenters. The first-order valence-corrected chi connectivity index (χ1v) is 17.5. The highest BCUT2D eigenvalue weighted by atomic mass is 35.5. The third kappa shape index (κ3) is 9.59.